The summed E-state index contributed by atoms with van der Waals surface area (Å²) < 4.78 is 42.2. The van der Waals surface area contributed by atoms with Gasteiger partial charge in [0.25, 0.3) is 0 Å². The quantitative estimate of drug-likeness (QED) is 0.715. The Kier molecular flexibility index (Phi) is 6.54. The smallest absolute Gasteiger partial charge is 0.366 e. The molecule has 2 aromatic rings. The molecule has 0 spiro atoms. The minimum atomic E-state index is -4.86. The normalized spacial score (nSPS) is 19.0. The van der Waals surface area contributed by atoms with Gasteiger partial charge < -0.3 is 16.0 Å². The van der Waals surface area contributed by atoms with Crippen molar-refractivity contribution in [2.45, 2.75) is 31.3 Å². The molecular weight excluding hydrogens is 417 g/mol. The molecule has 3 rings (SSSR count). The fraction of sp³-hybridized carbons (Fsp3) is 0.300. The first-order valence-electron chi connectivity index (χ1n) is 9.30. The Morgan fingerprint density at radius 2 is 1.84 bits per heavy atom. The Morgan fingerprint density at radius 3 is 2.48 bits per heavy atom. The van der Waals surface area contributed by atoms with Gasteiger partial charge in [0, 0.05) is 12.7 Å². The van der Waals surface area contributed by atoms with Gasteiger partial charge in [-0.15, -0.1) is 13.2 Å². The number of halogens is 3. The number of hydrogen-bond acceptors (Lipinski definition) is 5. The highest BCUT2D eigenvalue weighted by atomic mass is 19.4. The van der Waals surface area contributed by atoms with Gasteiger partial charge in [0.15, 0.2) is 0 Å². The molecule has 1 aliphatic heterocycles. The fourth-order valence-corrected chi connectivity index (χ4v) is 3.43. The van der Waals surface area contributed by atoms with Crippen molar-refractivity contribution in [1.82, 2.24) is 9.88 Å². The van der Waals surface area contributed by atoms with E-state index in [1.54, 1.807) is 30.3 Å². The lowest BCUT2D eigenvalue weighted by molar-refractivity contribution is -0.346. The summed E-state index contributed by atoms with van der Waals surface area (Å²) >= 11 is 0. The number of pyridine rings is 1. The van der Waals surface area contributed by atoms with Gasteiger partial charge in [-0.1, -0.05) is 30.3 Å². The molecule has 31 heavy (non-hydrogen) atoms. The number of aromatic nitrogens is 1. The van der Waals surface area contributed by atoms with Gasteiger partial charge in [-0.25, -0.2) is 0 Å². The summed E-state index contributed by atoms with van der Waals surface area (Å²) in [4.78, 5) is 41.5. The number of piperidine rings is 1. The molecule has 8 nitrogen and oxygen atoms in total. The second-order valence-electron chi connectivity index (χ2n) is 6.93. The van der Waals surface area contributed by atoms with Crippen LogP contribution in [0.2, 0.25) is 0 Å². The summed E-state index contributed by atoms with van der Waals surface area (Å²) in [6, 6.07) is 9.33. The van der Waals surface area contributed by atoms with Gasteiger partial charge in [0.05, 0.1) is 29.6 Å². The minimum Gasteiger partial charge on any atom is -0.366 e. The molecule has 1 aromatic heterocycles. The maximum Gasteiger partial charge on any atom is 0.522 e. The Balaban J connectivity index is 1.81. The number of ether oxygens (including phenoxy) is 1. The van der Waals surface area contributed by atoms with Crippen LogP contribution in [-0.2, 0) is 14.3 Å². The molecular formula is C20H19F3N4O4. The summed E-state index contributed by atoms with van der Waals surface area (Å²) in [6.45, 7) is -0.412. The third kappa shape index (κ3) is 5.79. The van der Waals surface area contributed by atoms with Crippen molar-refractivity contribution in [2.75, 3.05) is 11.9 Å². The van der Waals surface area contributed by atoms with Gasteiger partial charge in [-0.05, 0) is 24.5 Å². The average molecular weight is 436 g/mol. The number of alkyl halides is 3. The second-order valence-corrected chi connectivity index (χ2v) is 6.93. The lowest BCUT2D eigenvalue weighted by atomic mass is 9.93. The summed E-state index contributed by atoms with van der Waals surface area (Å²) in [7, 11) is 0. The molecule has 164 valence electrons. The molecule has 11 heteroatoms. The number of carbonyl (C=O) groups is 3. The van der Waals surface area contributed by atoms with E-state index in [4.69, 9.17) is 5.73 Å². The molecule has 2 atom stereocenters. The van der Waals surface area contributed by atoms with Crippen molar-refractivity contribution in [1.29, 1.82) is 0 Å². The Labute approximate surface area is 175 Å². The fourth-order valence-electron chi connectivity index (χ4n) is 3.43. The largest absolute Gasteiger partial charge is 0.522 e. The van der Waals surface area contributed by atoms with Crippen molar-refractivity contribution < 1.29 is 32.3 Å². The molecule has 0 radical (unpaired) electrons. The van der Waals surface area contributed by atoms with Crippen LogP contribution in [0.1, 0.15) is 34.8 Å². The maximum atomic E-state index is 12.9. The highest BCUT2D eigenvalue weighted by molar-refractivity contribution is 6.39. The number of hydrogen-bond donors (Lipinski definition) is 2. The van der Waals surface area contributed by atoms with Gasteiger partial charge >= 0.3 is 18.2 Å². The van der Waals surface area contributed by atoms with Crippen molar-refractivity contribution >= 4 is 23.4 Å². The number of nitrogens with one attached hydrogen (secondary N) is 1. The zero-order valence-electron chi connectivity index (χ0n) is 16.1. The zero-order chi connectivity index (χ0) is 22.6. The van der Waals surface area contributed by atoms with Crippen molar-refractivity contribution in [2.24, 2.45) is 5.73 Å². The first-order chi connectivity index (χ1) is 14.6. The van der Waals surface area contributed by atoms with Crippen LogP contribution in [0.3, 0.4) is 0 Å². The van der Waals surface area contributed by atoms with Gasteiger partial charge in [-0.3, -0.25) is 24.1 Å². The Morgan fingerprint density at radius 1 is 1.13 bits per heavy atom. The maximum absolute atomic E-state index is 12.9. The van der Waals surface area contributed by atoms with E-state index in [1.165, 1.54) is 18.5 Å². The molecule has 0 saturated carbocycles. The van der Waals surface area contributed by atoms with E-state index in [0.717, 1.165) is 4.90 Å². The van der Waals surface area contributed by atoms with Crippen LogP contribution in [0.4, 0.5) is 18.9 Å². The number of likely N-dealkylation sites (tertiary alicyclic amines) is 1. The highest BCUT2D eigenvalue weighted by Gasteiger charge is 2.41. The predicted octanol–water partition coefficient (Wildman–Crippen LogP) is 2.39. The van der Waals surface area contributed by atoms with Crippen LogP contribution in [-0.4, -0.2) is 46.6 Å². The summed E-state index contributed by atoms with van der Waals surface area (Å²) in [5.74, 6) is -2.90. The summed E-state index contributed by atoms with van der Waals surface area (Å²) in [5, 5.41) is 2.31. The van der Waals surface area contributed by atoms with Crippen molar-refractivity contribution in [3.05, 3.63) is 59.9 Å². The third-order valence-electron chi connectivity index (χ3n) is 4.76. The number of amides is 3. The lowest BCUT2D eigenvalue weighted by Crippen LogP contribution is -2.50. The van der Waals surface area contributed by atoms with Crippen LogP contribution in [0.15, 0.2) is 48.8 Å². The van der Waals surface area contributed by atoms with Crippen LogP contribution < -0.4 is 11.1 Å². The van der Waals surface area contributed by atoms with Crippen molar-refractivity contribution in [3.8, 4) is 0 Å². The minimum absolute atomic E-state index is 0.0176. The Bertz CT molecular complexity index is 968. The lowest BCUT2D eigenvalue weighted by Gasteiger charge is -2.39. The number of primary amides is 1. The van der Waals surface area contributed by atoms with Gasteiger partial charge in [0.2, 0.25) is 5.91 Å². The molecule has 1 fully saturated rings. The molecule has 1 aromatic carbocycles. The summed E-state index contributed by atoms with van der Waals surface area (Å²) in [6.07, 6.45) is -3.51. The van der Waals surface area contributed by atoms with Crippen molar-refractivity contribution in [3.63, 3.8) is 0 Å². The molecule has 3 N–H and O–H groups in total. The van der Waals surface area contributed by atoms with Crippen LogP contribution in [0.25, 0.3) is 0 Å². The average Bonchev–Trinajstić information content (AvgIpc) is 2.72. The number of nitrogens with zero attached hydrogens (tertiary/aromatic N) is 2. The predicted molar refractivity (Wildman–Crippen MR) is 102 cm³/mol. The molecule has 3 amide bonds. The number of benzene rings is 1. The van der Waals surface area contributed by atoms with E-state index in [1.807, 2.05) is 0 Å². The number of nitrogens with two attached hydrogens (primary N) is 1. The van der Waals surface area contributed by atoms with E-state index in [2.05, 4.69) is 15.0 Å². The first-order valence-corrected chi connectivity index (χ1v) is 9.30. The number of carbonyl (C=O) groups excluding carboxylic acids is 3. The van der Waals surface area contributed by atoms with Crippen LogP contribution >= 0.6 is 0 Å². The standard InChI is InChI=1S/C20H19F3N4O4/c21-20(22,23)31-15-6-7-16(12-4-2-1-3-5-12)27(11-15)19(30)18(29)26-14-8-13(17(24)28)9-25-10-14/h1-5,8-10,15-16H,6-7,11H2,(H2,24,28)(H,26,29)/t15?,16-/m0/s1. The number of anilines is 1. The van der Waals surface area contributed by atoms with Crippen LogP contribution in [0, 0.1) is 0 Å². The second kappa shape index (κ2) is 9.13. The molecule has 1 aliphatic rings. The molecule has 1 unspecified atom stereocenters. The number of rotatable bonds is 4. The summed E-state index contributed by atoms with van der Waals surface area (Å²) in [5.41, 5.74) is 5.92. The molecule has 0 bridgehead atoms. The third-order valence-corrected chi connectivity index (χ3v) is 4.76. The van der Waals surface area contributed by atoms with E-state index in [-0.39, 0.29) is 24.1 Å². The SMILES string of the molecule is NC(=O)c1cncc(NC(=O)C(=O)N2CC(OC(F)(F)F)CC[C@H]2c2ccccc2)c1. The molecule has 2 heterocycles. The first kappa shape index (κ1) is 22.2. The van der Waals surface area contributed by atoms with E-state index in [9.17, 15) is 27.6 Å². The highest BCUT2D eigenvalue weighted by Crippen LogP contribution is 2.34. The topological polar surface area (TPSA) is 115 Å². The monoisotopic (exact) mass is 436 g/mol. The molecule has 1 saturated heterocycles. The molecule has 0 aliphatic carbocycles. The van der Waals surface area contributed by atoms with Crippen LogP contribution in [0.5, 0.6) is 0 Å². The van der Waals surface area contributed by atoms with E-state index >= 15 is 0 Å². The zero-order valence-corrected chi connectivity index (χ0v) is 16.1. The van der Waals surface area contributed by atoms with Gasteiger partial charge in [0.1, 0.15) is 0 Å². The van der Waals surface area contributed by atoms with Gasteiger partial charge in [-0.2, -0.15) is 0 Å². The van der Waals surface area contributed by atoms with E-state index < -0.39 is 42.8 Å². The Hall–Kier alpha value is -3.47. The van der Waals surface area contributed by atoms with E-state index in [0.29, 0.717) is 5.56 Å².